The van der Waals surface area contributed by atoms with Crippen molar-refractivity contribution in [2.45, 2.75) is 39.8 Å². The van der Waals surface area contributed by atoms with E-state index in [4.69, 9.17) is 10.3 Å². The Labute approximate surface area is 133 Å². The number of aromatic nitrogens is 2. The molecule has 0 fully saturated rings. The summed E-state index contributed by atoms with van der Waals surface area (Å²) in [5.74, 6) is 0.620. The van der Waals surface area contributed by atoms with E-state index < -0.39 is 0 Å². The zero-order valence-electron chi connectivity index (χ0n) is 12.0. The SMILES string of the molecule is CCc1noc(CC)c1CNC(=O)c1csc(CN)n1.Cl. The quantitative estimate of drug-likeness (QED) is 0.845. The third kappa shape index (κ3) is 4.03. The molecule has 0 aliphatic rings. The van der Waals surface area contributed by atoms with Gasteiger partial charge in [0.1, 0.15) is 16.5 Å². The molecule has 116 valence electrons. The van der Waals surface area contributed by atoms with Crippen LogP contribution in [0.15, 0.2) is 9.90 Å². The van der Waals surface area contributed by atoms with E-state index in [0.29, 0.717) is 18.8 Å². The summed E-state index contributed by atoms with van der Waals surface area (Å²) in [6.07, 6.45) is 1.54. The average molecular weight is 331 g/mol. The van der Waals surface area contributed by atoms with Crippen LogP contribution in [0.1, 0.15) is 46.4 Å². The summed E-state index contributed by atoms with van der Waals surface area (Å²) in [6, 6.07) is 0. The second-order valence-electron chi connectivity index (χ2n) is 4.25. The van der Waals surface area contributed by atoms with Crippen molar-refractivity contribution in [3.05, 3.63) is 33.1 Å². The van der Waals surface area contributed by atoms with Crippen LogP contribution in [0, 0.1) is 0 Å². The molecule has 0 spiro atoms. The average Bonchev–Trinajstić information content (AvgIpc) is 3.10. The van der Waals surface area contributed by atoms with Gasteiger partial charge in [0.15, 0.2) is 0 Å². The first-order chi connectivity index (χ1) is 9.69. The van der Waals surface area contributed by atoms with E-state index in [1.165, 1.54) is 11.3 Å². The van der Waals surface area contributed by atoms with Crippen molar-refractivity contribution < 1.29 is 9.32 Å². The van der Waals surface area contributed by atoms with Crippen LogP contribution in [-0.4, -0.2) is 16.0 Å². The van der Waals surface area contributed by atoms with Gasteiger partial charge in [-0.15, -0.1) is 23.7 Å². The summed E-state index contributed by atoms with van der Waals surface area (Å²) in [5.41, 5.74) is 7.75. The highest BCUT2D eigenvalue weighted by Crippen LogP contribution is 2.16. The van der Waals surface area contributed by atoms with Gasteiger partial charge in [0.25, 0.3) is 5.91 Å². The predicted octanol–water partition coefficient (Wildman–Crippen LogP) is 2.07. The van der Waals surface area contributed by atoms with Crippen LogP contribution in [0.3, 0.4) is 0 Å². The van der Waals surface area contributed by atoms with Crippen molar-refractivity contribution in [1.82, 2.24) is 15.5 Å². The Morgan fingerprint density at radius 2 is 2.19 bits per heavy atom. The van der Waals surface area contributed by atoms with Crippen molar-refractivity contribution in [1.29, 1.82) is 0 Å². The fourth-order valence-electron chi connectivity index (χ4n) is 1.91. The number of amides is 1. The van der Waals surface area contributed by atoms with Gasteiger partial charge in [0.05, 0.1) is 5.69 Å². The second kappa shape index (κ2) is 8.11. The number of thiazole rings is 1. The van der Waals surface area contributed by atoms with Gasteiger partial charge < -0.3 is 15.6 Å². The Bertz CT molecular complexity index is 575. The van der Waals surface area contributed by atoms with Gasteiger partial charge in [0.2, 0.25) is 0 Å². The molecule has 0 aliphatic carbocycles. The molecule has 0 aliphatic heterocycles. The number of carbonyl (C=O) groups is 1. The summed E-state index contributed by atoms with van der Waals surface area (Å²) in [6.45, 7) is 4.77. The first kappa shape index (κ1) is 17.6. The molecule has 0 bridgehead atoms. The largest absolute Gasteiger partial charge is 0.361 e. The lowest BCUT2D eigenvalue weighted by molar-refractivity contribution is 0.0946. The van der Waals surface area contributed by atoms with Gasteiger partial charge in [-0.25, -0.2) is 4.98 Å². The standard InChI is InChI=1S/C13H18N4O2S.ClH/c1-3-9-8(11(4-2)19-17-9)6-15-13(18)10-7-20-12(5-14)16-10;/h7H,3-6,14H2,1-2H3,(H,15,18);1H. The van der Waals surface area contributed by atoms with E-state index >= 15 is 0 Å². The van der Waals surface area contributed by atoms with Gasteiger partial charge in [-0.1, -0.05) is 19.0 Å². The number of halogens is 1. The van der Waals surface area contributed by atoms with Crippen LogP contribution in [0.4, 0.5) is 0 Å². The van der Waals surface area contributed by atoms with Gasteiger partial charge in [0, 0.05) is 30.5 Å². The van der Waals surface area contributed by atoms with Crippen molar-refractivity contribution >= 4 is 29.7 Å². The van der Waals surface area contributed by atoms with Gasteiger partial charge in [-0.2, -0.15) is 0 Å². The van der Waals surface area contributed by atoms with Crippen molar-refractivity contribution in [3.63, 3.8) is 0 Å². The highest BCUT2D eigenvalue weighted by Gasteiger charge is 2.16. The van der Waals surface area contributed by atoms with Crippen LogP contribution in [-0.2, 0) is 25.9 Å². The molecule has 2 rings (SSSR count). The van der Waals surface area contributed by atoms with E-state index in [1.54, 1.807) is 5.38 Å². The molecule has 3 N–H and O–H groups in total. The summed E-state index contributed by atoms with van der Waals surface area (Å²) in [7, 11) is 0. The number of hydrogen-bond donors (Lipinski definition) is 2. The summed E-state index contributed by atoms with van der Waals surface area (Å²) in [4.78, 5) is 16.2. The summed E-state index contributed by atoms with van der Waals surface area (Å²) >= 11 is 1.39. The highest BCUT2D eigenvalue weighted by atomic mass is 35.5. The highest BCUT2D eigenvalue weighted by molar-refractivity contribution is 7.09. The Kier molecular flexibility index (Phi) is 6.80. The molecule has 21 heavy (non-hydrogen) atoms. The van der Waals surface area contributed by atoms with Crippen molar-refractivity contribution in [3.8, 4) is 0 Å². The Hall–Kier alpha value is -1.44. The maximum Gasteiger partial charge on any atom is 0.271 e. The van der Waals surface area contributed by atoms with Crippen LogP contribution in [0.5, 0.6) is 0 Å². The minimum Gasteiger partial charge on any atom is -0.361 e. The first-order valence-corrected chi connectivity index (χ1v) is 7.46. The Morgan fingerprint density at radius 1 is 1.43 bits per heavy atom. The molecule has 0 radical (unpaired) electrons. The Balaban J connectivity index is 0.00000220. The number of rotatable bonds is 6. The minimum atomic E-state index is -0.203. The first-order valence-electron chi connectivity index (χ1n) is 6.58. The number of nitrogens with zero attached hydrogens (tertiary/aromatic N) is 2. The van der Waals surface area contributed by atoms with Crippen LogP contribution >= 0.6 is 23.7 Å². The fourth-order valence-corrected chi connectivity index (χ4v) is 2.56. The van der Waals surface area contributed by atoms with E-state index in [-0.39, 0.29) is 18.3 Å². The molecule has 1 amide bonds. The molecule has 2 heterocycles. The predicted molar refractivity (Wildman–Crippen MR) is 83.7 cm³/mol. The number of hydrogen-bond acceptors (Lipinski definition) is 6. The maximum absolute atomic E-state index is 12.0. The number of nitrogens with one attached hydrogen (secondary N) is 1. The molecule has 0 atom stereocenters. The second-order valence-corrected chi connectivity index (χ2v) is 5.19. The van der Waals surface area contributed by atoms with Crippen LogP contribution in [0.25, 0.3) is 0 Å². The third-order valence-corrected chi connectivity index (χ3v) is 3.86. The van der Waals surface area contributed by atoms with Gasteiger partial charge >= 0.3 is 0 Å². The molecule has 2 aromatic heterocycles. The molecule has 0 saturated heterocycles. The summed E-state index contributed by atoms with van der Waals surface area (Å²) < 4.78 is 5.26. The topological polar surface area (TPSA) is 94.0 Å². The van der Waals surface area contributed by atoms with Crippen LogP contribution < -0.4 is 11.1 Å². The molecule has 0 aromatic carbocycles. The zero-order valence-corrected chi connectivity index (χ0v) is 13.6. The van der Waals surface area contributed by atoms with E-state index in [0.717, 1.165) is 34.9 Å². The smallest absolute Gasteiger partial charge is 0.271 e. The molecule has 2 aromatic rings. The maximum atomic E-state index is 12.0. The minimum absolute atomic E-state index is 0. The van der Waals surface area contributed by atoms with Gasteiger partial charge in [-0.3, -0.25) is 4.79 Å². The third-order valence-electron chi connectivity index (χ3n) is 2.99. The number of carbonyl (C=O) groups excluding carboxylic acids is 1. The number of nitrogens with two attached hydrogens (primary N) is 1. The zero-order chi connectivity index (χ0) is 14.5. The number of aryl methyl sites for hydroxylation is 2. The summed E-state index contributed by atoms with van der Waals surface area (Å²) in [5, 5.41) is 9.34. The van der Waals surface area contributed by atoms with Crippen molar-refractivity contribution in [2.24, 2.45) is 5.73 Å². The molecule has 6 nitrogen and oxygen atoms in total. The molecular formula is C13H19ClN4O2S. The Morgan fingerprint density at radius 3 is 2.76 bits per heavy atom. The lowest BCUT2D eigenvalue weighted by Crippen LogP contribution is -2.24. The fraction of sp³-hybridized carbons (Fsp3) is 0.462. The van der Waals surface area contributed by atoms with E-state index in [9.17, 15) is 4.79 Å². The van der Waals surface area contributed by atoms with Crippen LogP contribution in [0.2, 0.25) is 0 Å². The lowest BCUT2D eigenvalue weighted by Gasteiger charge is -2.04. The molecule has 0 unspecified atom stereocenters. The molecular weight excluding hydrogens is 312 g/mol. The van der Waals surface area contributed by atoms with Gasteiger partial charge in [-0.05, 0) is 6.42 Å². The van der Waals surface area contributed by atoms with Crippen molar-refractivity contribution in [2.75, 3.05) is 0 Å². The van der Waals surface area contributed by atoms with E-state index in [1.807, 2.05) is 13.8 Å². The van der Waals surface area contributed by atoms with E-state index in [2.05, 4.69) is 15.5 Å². The molecule has 8 heteroatoms. The molecule has 0 saturated carbocycles. The lowest BCUT2D eigenvalue weighted by atomic mass is 10.1. The normalized spacial score (nSPS) is 10.2. The monoisotopic (exact) mass is 330 g/mol.